The highest BCUT2D eigenvalue weighted by Gasteiger charge is 2.20. The number of fused-ring (bicyclic) bond motifs is 1. The lowest BCUT2D eigenvalue weighted by atomic mass is 10.1. The summed E-state index contributed by atoms with van der Waals surface area (Å²) in [6.07, 6.45) is 3.45. The number of hydrogen-bond acceptors (Lipinski definition) is 8. The minimum absolute atomic E-state index is 0.0480. The van der Waals surface area contributed by atoms with E-state index in [9.17, 15) is 10.1 Å². The maximum atomic E-state index is 11.0. The van der Waals surface area contributed by atoms with Crippen molar-refractivity contribution in [2.45, 2.75) is 0 Å². The fourth-order valence-corrected chi connectivity index (χ4v) is 4.95. The van der Waals surface area contributed by atoms with Gasteiger partial charge in [0, 0.05) is 35.0 Å². The standard InChI is InChI=1S/C25H20N4O5S/c1-32-21-12-19-24(23(34-3)22(21)33-2)35-25(27-19)16-6-8-17(9-7-16)28-14-26-13-20(28)15-4-10-18(11-5-15)29(30)31/h4-14H,1-3H3. The van der Waals surface area contributed by atoms with E-state index in [1.807, 2.05) is 34.9 Å². The third kappa shape index (κ3) is 3.93. The number of nitrogens with zero attached hydrogens (tertiary/aromatic N) is 4. The number of methoxy groups -OCH3 is 3. The summed E-state index contributed by atoms with van der Waals surface area (Å²) in [6.45, 7) is 0. The number of non-ortho nitro benzene ring substituents is 1. The van der Waals surface area contributed by atoms with Gasteiger partial charge in [0.1, 0.15) is 9.71 Å². The van der Waals surface area contributed by atoms with Crippen LogP contribution in [0.4, 0.5) is 5.69 Å². The van der Waals surface area contributed by atoms with E-state index in [1.165, 1.54) is 23.5 Å². The molecule has 5 rings (SSSR count). The van der Waals surface area contributed by atoms with Crippen LogP contribution in [0.3, 0.4) is 0 Å². The van der Waals surface area contributed by atoms with Gasteiger partial charge in [-0.1, -0.05) is 0 Å². The molecule has 0 saturated carbocycles. The van der Waals surface area contributed by atoms with Crippen molar-refractivity contribution in [3.8, 4) is 44.8 Å². The van der Waals surface area contributed by atoms with Gasteiger partial charge in [-0.15, -0.1) is 11.3 Å². The van der Waals surface area contributed by atoms with Gasteiger partial charge in [0.05, 0.1) is 50.0 Å². The molecule has 10 heteroatoms. The summed E-state index contributed by atoms with van der Waals surface area (Å²) in [5, 5.41) is 11.8. The largest absolute Gasteiger partial charge is 0.493 e. The molecule has 0 unspecified atom stereocenters. The van der Waals surface area contributed by atoms with Crippen molar-refractivity contribution < 1.29 is 19.1 Å². The molecule has 0 aliphatic heterocycles. The van der Waals surface area contributed by atoms with Crippen molar-refractivity contribution in [1.82, 2.24) is 14.5 Å². The molecule has 0 aliphatic rings. The summed E-state index contributed by atoms with van der Waals surface area (Å²) in [5.74, 6) is 1.68. The first kappa shape index (κ1) is 22.4. The summed E-state index contributed by atoms with van der Waals surface area (Å²) >= 11 is 1.51. The van der Waals surface area contributed by atoms with Crippen LogP contribution in [0, 0.1) is 10.1 Å². The van der Waals surface area contributed by atoms with Crippen LogP contribution < -0.4 is 14.2 Å². The molecular weight excluding hydrogens is 468 g/mol. The van der Waals surface area contributed by atoms with E-state index in [0.29, 0.717) is 17.2 Å². The molecule has 0 aliphatic carbocycles. The summed E-state index contributed by atoms with van der Waals surface area (Å²) in [7, 11) is 4.75. The molecule has 2 aromatic heterocycles. The second-order valence-electron chi connectivity index (χ2n) is 7.51. The normalized spacial score (nSPS) is 10.9. The Hall–Kier alpha value is -4.44. The van der Waals surface area contributed by atoms with Gasteiger partial charge in [-0.05, 0) is 36.4 Å². The number of imidazole rings is 1. The molecule has 0 bridgehead atoms. The van der Waals surface area contributed by atoms with Crippen LogP contribution in [-0.4, -0.2) is 40.8 Å². The minimum atomic E-state index is -0.413. The Morgan fingerprint density at radius 3 is 2.23 bits per heavy atom. The minimum Gasteiger partial charge on any atom is -0.493 e. The molecule has 35 heavy (non-hydrogen) atoms. The average molecular weight is 489 g/mol. The lowest BCUT2D eigenvalue weighted by Gasteiger charge is -2.11. The summed E-state index contributed by atoms with van der Waals surface area (Å²) in [5.41, 5.74) is 4.33. The summed E-state index contributed by atoms with van der Waals surface area (Å²) in [6, 6.07) is 16.2. The third-order valence-corrected chi connectivity index (χ3v) is 6.71. The van der Waals surface area contributed by atoms with Crippen LogP contribution in [-0.2, 0) is 0 Å². The van der Waals surface area contributed by atoms with E-state index in [0.717, 1.165) is 37.7 Å². The first-order chi connectivity index (χ1) is 17.0. The van der Waals surface area contributed by atoms with Crippen LogP contribution in [0.5, 0.6) is 17.2 Å². The van der Waals surface area contributed by atoms with Crippen molar-refractivity contribution in [3.63, 3.8) is 0 Å². The van der Waals surface area contributed by atoms with Crippen molar-refractivity contribution in [3.05, 3.63) is 77.2 Å². The van der Waals surface area contributed by atoms with Gasteiger partial charge in [-0.3, -0.25) is 14.7 Å². The first-order valence-electron chi connectivity index (χ1n) is 10.5. The fraction of sp³-hybridized carbons (Fsp3) is 0.120. The Balaban J connectivity index is 1.50. The van der Waals surface area contributed by atoms with Gasteiger partial charge < -0.3 is 14.2 Å². The number of rotatable bonds is 7. The number of aromatic nitrogens is 3. The van der Waals surface area contributed by atoms with Crippen molar-refractivity contribution in [1.29, 1.82) is 0 Å². The number of nitro groups is 1. The number of thiazole rings is 1. The molecule has 2 heterocycles. The highest BCUT2D eigenvalue weighted by molar-refractivity contribution is 7.22. The zero-order valence-corrected chi connectivity index (χ0v) is 19.9. The molecule has 5 aromatic rings. The Bertz CT molecular complexity index is 1520. The first-order valence-corrected chi connectivity index (χ1v) is 11.3. The molecule has 0 radical (unpaired) electrons. The van der Waals surface area contributed by atoms with Gasteiger partial charge in [-0.2, -0.15) is 0 Å². The van der Waals surface area contributed by atoms with E-state index in [1.54, 1.807) is 46.0 Å². The topological polar surface area (TPSA) is 102 Å². The van der Waals surface area contributed by atoms with Gasteiger partial charge in [-0.25, -0.2) is 9.97 Å². The lowest BCUT2D eigenvalue weighted by molar-refractivity contribution is -0.384. The van der Waals surface area contributed by atoms with Gasteiger partial charge in [0.2, 0.25) is 5.75 Å². The second kappa shape index (κ2) is 9.07. The molecule has 0 saturated heterocycles. The van der Waals surface area contributed by atoms with Crippen LogP contribution in [0.1, 0.15) is 0 Å². The predicted octanol–water partition coefficient (Wildman–Crippen LogP) is 5.75. The zero-order chi connectivity index (χ0) is 24.5. The fourth-order valence-electron chi connectivity index (χ4n) is 3.88. The summed E-state index contributed by atoms with van der Waals surface area (Å²) < 4.78 is 19.3. The molecule has 3 aromatic carbocycles. The van der Waals surface area contributed by atoms with Gasteiger partial charge >= 0.3 is 0 Å². The van der Waals surface area contributed by atoms with Crippen LogP contribution in [0.15, 0.2) is 67.1 Å². The smallest absolute Gasteiger partial charge is 0.269 e. The van der Waals surface area contributed by atoms with Crippen LogP contribution in [0.25, 0.3) is 37.7 Å². The van der Waals surface area contributed by atoms with Crippen LogP contribution >= 0.6 is 11.3 Å². The molecule has 0 spiro atoms. The Labute approximate surface area is 204 Å². The Morgan fingerprint density at radius 1 is 0.914 bits per heavy atom. The van der Waals surface area contributed by atoms with E-state index >= 15 is 0 Å². The summed E-state index contributed by atoms with van der Waals surface area (Å²) in [4.78, 5) is 19.6. The second-order valence-corrected chi connectivity index (χ2v) is 8.51. The molecule has 176 valence electrons. The predicted molar refractivity (Wildman–Crippen MR) is 134 cm³/mol. The molecule has 0 fully saturated rings. The molecule has 9 nitrogen and oxygen atoms in total. The van der Waals surface area contributed by atoms with Crippen LogP contribution in [0.2, 0.25) is 0 Å². The van der Waals surface area contributed by atoms with E-state index in [4.69, 9.17) is 19.2 Å². The van der Waals surface area contributed by atoms with E-state index in [-0.39, 0.29) is 5.69 Å². The number of benzene rings is 3. The molecule has 0 amide bonds. The van der Waals surface area contributed by atoms with E-state index < -0.39 is 4.92 Å². The lowest BCUT2D eigenvalue weighted by Crippen LogP contribution is -1.95. The van der Waals surface area contributed by atoms with Crippen molar-refractivity contribution in [2.24, 2.45) is 0 Å². The van der Waals surface area contributed by atoms with Gasteiger partial charge in [0.25, 0.3) is 5.69 Å². The van der Waals surface area contributed by atoms with Crippen molar-refractivity contribution in [2.75, 3.05) is 21.3 Å². The maximum Gasteiger partial charge on any atom is 0.269 e. The number of ether oxygens (including phenoxy) is 3. The molecule has 0 N–H and O–H groups in total. The SMILES string of the molecule is COc1cc2nc(-c3ccc(-n4cncc4-c4ccc([N+](=O)[O-])cc4)cc3)sc2c(OC)c1OC. The average Bonchev–Trinajstić information content (AvgIpc) is 3.55. The number of nitro benzene ring substituents is 1. The number of hydrogen-bond donors (Lipinski definition) is 0. The van der Waals surface area contributed by atoms with Gasteiger partial charge in [0.15, 0.2) is 11.5 Å². The highest BCUT2D eigenvalue weighted by Crippen LogP contribution is 2.46. The Morgan fingerprint density at radius 2 is 1.60 bits per heavy atom. The maximum absolute atomic E-state index is 11.0. The zero-order valence-electron chi connectivity index (χ0n) is 19.1. The third-order valence-electron chi connectivity index (χ3n) is 5.59. The quantitative estimate of drug-likeness (QED) is 0.212. The Kier molecular flexibility index (Phi) is 5.79. The molecule has 0 atom stereocenters. The highest BCUT2D eigenvalue weighted by atomic mass is 32.1. The molecular formula is C25H20N4O5S. The van der Waals surface area contributed by atoms with Crippen molar-refractivity contribution >= 4 is 27.2 Å². The van der Waals surface area contributed by atoms with E-state index in [2.05, 4.69) is 4.98 Å². The monoisotopic (exact) mass is 488 g/mol.